The van der Waals surface area contributed by atoms with E-state index >= 15 is 0 Å². The number of nitro benzene ring substituents is 2. The minimum Gasteiger partial charge on any atom is -0.452 e. The van der Waals surface area contributed by atoms with Crippen LogP contribution in [0.3, 0.4) is 0 Å². The van der Waals surface area contributed by atoms with Crippen molar-refractivity contribution in [3.8, 4) is 0 Å². The molecule has 2 aromatic rings. The van der Waals surface area contributed by atoms with Crippen LogP contribution in [0.4, 0.5) is 17.1 Å². The highest BCUT2D eigenvalue weighted by atomic mass is 35.5. The molecule has 0 unspecified atom stereocenters. The van der Waals surface area contributed by atoms with Crippen LogP contribution in [0.1, 0.15) is 21.5 Å². The molecule has 10 nitrogen and oxygen atoms in total. The number of anilines is 1. The Kier molecular flexibility index (Phi) is 6.26. The number of carbonyl (C=O) groups is 2. The SMILES string of the molecule is Cc1ccc([N+](=O)[O-])c(NC(=O)COC(=O)c2cc([N+](=O)[O-])ccc2Cl)c1C. The van der Waals surface area contributed by atoms with Gasteiger partial charge in [-0.3, -0.25) is 25.0 Å². The van der Waals surface area contributed by atoms with Crippen LogP contribution in [-0.4, -0.2) is 28.3 Å². The molecule has 0 aliphatic rings. The molecule has 0 fully saturated rings. The second kappa shape index (κ2) is 8.44. The zero-order valence-electron chi connectivity index (χ0n) is 14.7. The number of benzene rings is 2. The lowest BCUT2D eigenvalue weighted by Gasteiger charge is -2.11. The second-order valence-corrected chi connectivity index (χ2v) is 6.11. The number of amides is 1. The number of esters is 1. The summed E-state index contributed by atoms with van der Waals surface area (Å²) in [4.78, 5) is 44.8. The highest BCUT2D eigenvalue weighted by Gasteiger charge is 2.21. The van der Waals surface area contributed by atoms with Crippen molar-refractivity contribution in [1.82, 2.24) is 0 Å². The highest BCUT2D eigenvalue weighted by Crippen LogP contribution is 2.30. The summed E-state index contributed by atoms with van der Waals surface area (Å²) in [5.41, 5.74) is 0.272. The first-order valence-electron chi connectivity index (χ1n) is 7.77. The van der Waals surface area contributed by atoms with Crippen LogP contribution < -0.4 is 5.32 Å². The summed E-state index contributed by atoms with van der Waals surface area (Å²) in [7, 11) is 0. The molecule has 0 atom stereocenters. The van der Waals surface area contributed by atoms with Crippen molar-refractivity contribution in [2.24, 2.45) is 0 Å². The molecule has 2 aromatic carbocycles. The quantitative estimate of drug-likeness (QED) is 0.438. The number of non-ortho nitro benzene ring substituents is 1. The second-order valence-electron chi connectivity index (χ2n) is 5.70. The summed E-state index contributed by atoms with van der Waals surface area (Å²) < 4.78 is 4.82. The van der Waals surface area contributed by atoms with Crippen molar-refractivity contribution in [2.75, 3.05) is 11.9 Å². The number of nitrogens with one attached hydrogen (secondary N) is 1. The molecule has 0 saturated carbocycles. The number of hydrogen-bond donors (Lipinski definition) is 1. The largest absolute Gasteiger partial charge is 0.452 e. The van der Waals surface area contributed by atoms with Crippen molar-refractivity contribution in [3.05, 3.63) is 72.3 Å². The van der Waals surface area contributed by atoms with E-state index < -0.39 is 28.3 Å². The van der Waals surface area contributed by atoms with Gasteiger partial charge in [-0.15, -0.1) is 0 Å². The number of ether oxygens (including phenoxy) is 1. The number of aryl methyl sites for hydroxylation is 1. The Labute approximate surface area is 163 Å². The summed E-state index contributed by atoms with van der Waals surface area (Å²) in [5.74, 6) is -1.86. The molecule has 28 heavy (non-hydrogen) atoms. The maximum Gasteiger partial charge on any atom is 0.340 e. The van der Waals surface area contributed by atoms with Crippen LogP contribution in [-0.2, 0) is 9.53 Å². The first kappa shape index (κ1) is 20.8. The smallest absolute Gasteiger partial charge is 0.340 e. The Hall–Kier alpha value is -3.53. The van der Waals surface area contributed by atoms with Gasteiger partial charge in [0.15, 0.2) is 6.61 Å². The molecule has 1 amide bonds. The molecule has 2 rings (SSSR count). The van der Waals surface area contributed by atoms with Crippen molar-refractivity contribution in [2.45, 2.75) is 13.8 Å². The van der Waals surface area contributed by atoms with Gasteiger partial charge < -0.3 is 10.1 Å². The van der Waals surface area contributed by atoms with E-state index in [0.717, 1.165) is 23.8 Å². The van der Waals surface area contributed by atoms with Crippen LogP contribution in [0.2, 0.25) is 5.02 Å². The number of carbonyl (C=O) groups excluding carboxylic acids is 2. The summed E-state index contributed by atoms with van der Waals surface area (Å²) in [5, 5.41) is 24.2. The van der Waals surface area contributed by atoms with E-state index in [2.05, 4.69) is 5.32 Å². The summed E-state index contributed by atoms with van der Waals surface area (Å²) in [6.07, 6.45) is 0. The van der Waals surface area contributed by atoms with Gasteiger partial charge in [0.25, 0.3) is 17.3 Å². The van der Waals surface area contributed by atoms with E-state index in [0.29, 0.717) is 5.56 Å². The average Bonchev–Trinajstić information content (AvgIpc) is 2.63. The molecular weight excluding hydrogens is 394 g/mol. The Balaban J connectivity index is 2.13. The third-order valence-electron chi connectivity index (χ3n) is 3.89. The highest BCUT2D eigenvalue weighted by molar-refractivity contribution is 6.33. The standard InChI is InChI=1S/C17H14ClN3O7/c1-9-3-6-14(21(26)27)16(10(9)2)19-15(22)8-28-17(23)12-7-11(20(24)25)4-5-13(12)18/h3-7H,8H2,1-2H3,(H,19,22). The molecule has 0 heterocycles. The van der Waals surface area contributed by atoms with Gasteiger partial charge in [-0.05, 0) is 31.0 Å². The molecule has 0 saturated heterocycles. The first-order chi connectivity index (χ1) is 13.1. The molecule has 0 aromatic heterocycles. The third kappa shape index (κ3) is 4.60. The monoisotopic (exact) mass is 407 g/mol. The first-order valence-corrected chi connectivity index (χ1v) is 8.15. The number of nitro groups is 2. The van der Waals surface area contributed by atoms with E-state index in [1.807, 2.05) is 0 Å². The number of halogens is 1. The van der Waals surface area contributed by atoms with Crippen LogP contribution in [0.5, 0.6) is 0 Å². The van der Waals surface area contributed by atoms with Gasteiger partial charge in [0.05, 0.1) is 20.4 Å². The van der Waals surface area contributed by atoms with Crippen LogP contribution in [0, 0.1) is 34.1 Å². The molecule has 11 heteroatoms. The minimum absolute atomic E-state index is 0.000527. The van der Waals surface area contributed by atoms with Gasteiger partial charge >= 0.3 is 5.97 Å². The lowest BCUT2D eigenvalue weighted by Crippen LogP contribution is -2.22. The van der Waals surface area contributed by atoms with Gasteiger partial charge in [0.2, 0.25) is 0 Å². The molecule has 0 bridgehead atoms. The Morgan fingerprint density at radius 1 is 1.11 bits per heavy atom. The average molecular weight is 408 g/mol. The van der Waals surface area contributed by atoms with Crippen molar-refractivity contribution in [1.29, 1.82) is 0 Å². The Morgan fingerprint density at radius 2 is 1.79 bits per heavy atom. The lowest BCUT2D eigenvalue weighted by molar-refractivity contribution is -0.384. The number of hydrogen-bond acceptors (Lipinski definition) is 7. The topological polar surface area (TPSA) is 142 Å². The molecular formula is C17H14ClN3O7. The van der Waals surface area contributed by atoms with E-state index in [4.69, 9.17) is 16.3 Å². The molecule has 146 valence electrons. The summed E-state index contributed by atoms with van der Waals surface area (Å²) in [6.45, 7) is 2.56. The maximum absolute atomic E-state index is 12.1. The lowest BCUT2D eigenvalue weighted by atomic mass is 10.1. The predicted octanol–water partition coefficient (Wildman–Crippen LogP) is 3.57. The van der Waals surface area contributed by atoms with Crippen molar-refractivity contribution in [3.63, 3.8) is 0 Å². The summed E-state index contributed by atoms with van der Waals surface area (Å²) in [6, 6.07) is 6.01. The molecule has 0 spiro atoms. The summed E-state index contributed by atoms with van der Waals surface area (Å²) >= 11 is 5.84. The van der Waals surface area contributed by atoms with Crippen molar-refractivity contribution < 1.29 is 24.2 Å². The fraction of sp³-hybridized carbons (Fsp3) is 0.176. The zero-order valence-corrected chi connectivity index (χ0v) is 15.5. The van der Waals surface area contributed by atoms with Crippen LogP contribution >= 0.6 is 11.6 Å². The number of nitrogens with zero attached hydrogens (tertiary/aromatic N) is 2. The van der Waals surface area contributed by atoms with Crippen LogP contribution in [0.15, 0.2) is 30.3 Å². The van der Waals surface area contributed by atoms with Gasteiger partial charge in [-0.1, -0.05) is 17.7 Å². The maximum atomic E-state index is 12.1. The molecule has 1 N–H and O–H groups in total. The van der Waals surface area contributed by atoms with E-state index in [1.54, 1.807) is 19.9 Å². The van der Waals surface area contributed by atoms with Crippen molar-refractivity contribution >= 4 is 40.5 Å². The predicted molar refractivity (Wildman–Crippen MR) is 99.6 cm³/mol. The minimum atomic E-state index is -1.04. The van der Waals surface area contributed by atoms with E-state index in [-0.39, 0.29) is 27.6 Å². The normalized spacial score (nSPS) is 10.2. The van der Waals surface area contributed by atoms with E-state index in [9.17, 15) is 29.8 Å². The van der Waals surface area contributed by atoms with Gasteiger partial charge in [0.1, 0.15) is 5.69 Å². The van der Waals surface area contributed by atoms with Crippen LogP contribution in [0.25, 0.3) is 0 Å². The van der Waals surface area contributed by atoms with E-state index in [1.165, 1.54) is 6.07 Å². The zero-order chi connectivity index (χ0) is 21.0. The number of rotatable bonds is 6. The third-order valence-corrected chi connectivity index (χ3v) is 4.22. The van der Waals surface area contributed by atoms with Gasteiger partial charge in [-0.25, -0.2) is 4.79 Å². The molecule has 0 radical (unpaired) electrons. The van der Waals surface area contributed by atoms with Gasteiger partial charge in [0, 0.05) is 18.2 Å². The Morgan fingerprint density at radius 3 is 2.39 bits per heavy atom. The Bertz CT molecular complexity index is 991. The molecule has 0 aliphatic carbocycles. The van der Waals surface area contributed by atoms with Gasteiger partial charge in [-0.2, -0.15) is 0 Å². The fourth-order valence-electron chi connectivity index (χ4n) is 2.28. The fourth-order valence-corrected chi connectivity index (χ4v) is 2.47. The molecule has 0 aliphatic heterocycles.